The van der Waals surface area contributed by atoms with Gasteiger partial charge in [0.1, 0.15) is 12.4 Å². The van der Waals surface area contributed by atoms with Crippen LogP contribution < -0.4 is 15.5 Å². The van der Waals surface area contributed by atoms with Crippen LogP contribution in [0.4, 0.5) is 0 Å². The fourth-order valence-corrected chi connectivity index (χ4v) is 2.75. The van der Waals surface area contributed by atoms with Gasteiger partial charge in [-0.15, -0.1) is 0 Å². The van der Waals surface area contributed by atoms with Crippen molar-refractivity contribution in [2.75, 3.05) is 20.3 Å². The van der Waals surface area contributed by atoms with Crippen LogP contribution in [0.1, 0.15) is 11.1 Å². The number of benzene rings is 2. The Balaban J connectivity index is 1.87. The normalized spacial score (nSPS) is 10.7. The number of rotatable bonds is 8. The van der Waals surface area contributed by atoms with Crippen molar-refractivity contribution in [3.05, 3.63) is 63.1 Å². The molecule has 9 heteroatoms. The summed E-state index contributed by atoms with van der Waals surface area (Å²) in [5.74, 6) is -0.997. The minimum atomic E-state index is -0.855. The largest absolute Gasteiger partial charge is 0.488 e. The number of amides is 2. The van der Waals surface area contributed by atoms with Crippen molar-refractivity contribution in [2.24, 2.45) is 5.10 Å². The molecule has 2 rings (SSSR count). The van der Waals surface area contributed by atoms with E-state index in [0.717, 1.165) is 5.56 Å². The van der Waals surface area contributed by atoms with Crippen molar-refractivity contribution in [3.8, 4) is 5.75 Å². The lowest BCUT2D eigenvalue weighted by Gasteiger charge is -2.10. The van der Waals surface area contributed by atoms with Gasteiger partial charge >= 0.3 is 11.8 Å². The second-order valence-corrected chi connectivity index (χ2v) is 6.78. The molecule has 2 amide bonds. The topological polar surface area (TPSA) is 89.0 Å². The van der Waals surface area contributed by atoms with Crippen LogP contribution in [0.5, 0.6) is 5.75 Å². The molecule has 0 unspecified atom stereocenters. The minimum absolute atomic E-state index is 0.245. The van der Waals surface area contributed by atoms with Gasteiger partial charge in [0.25, 0.3) is 0 Å². The zero-order valence-corrected chi connectivity index (χ0v) is 17.4. The van der Waals surface area contributed by atoms with Gasteiger partial charge in [-0.05, 0) is 45.8 Å². The quantitative estimate of drug-likeness (QED) is 0.270. The monoisotopic (exact) mass is 467 g/mol. The molecule has 2 aromatic carbocycles. The molecule has 0 aliphatic rings. The van der Waals surface area contributed by atoms with Crippen LogP contribution in [0, 0.1) is 0 Å². The van der Waals surface area contributed by atoms with Gasteiger partial charge in [0, 0.05) is 24.2 Å². The van der Waals surface area contributed by atoms with Gasteiger partial charge in [-0.3, -0.25) is 9.59 Å². The molecule has 0 radical (unpaired) electrons. The molecule has 148 valence electrons. The maximum absolute atomic E-state index is 11.6. The van der Waals surface area contributed by atoms with E-state index >= 15 is 0 Å². The van der Waals surface area contributed by atoms with Gasteiger partial charge in [-0.1, -0.05) is 29.8 Å². The first-order valence-corrected chi connectivity index (χ1v) is 9.44. The predicted octanol–water partition coefficient (Wildman–Crippen LogP) is 2.89. The zero-order chi connectivity index (χ0) is 20.4. The number of halogens is 2. The highest BCUT2D eigenvalue weighted by molar-refractivity contribution is 9.10. The Morgan fingerprint density at radius 1 is 1.21 bits per heavy atom. The van der Waals surface area contributed by atoms with Gasteiger partial charge < -0.3 is 14.8 Å². The second kappa shape index (κ2) is 11.4. The third-order valence-electron chi connectivity index (χ3n) is 3.47. The first-order valence-electron chi connectivity index (χ1n) is 8.27. The summed E-state index contributed by atoms with van der Waals surface area (Å²) in [4.78, 5) is 23.1. The zero-order valence-electron chi connectivity index (χ0n) is 15.1. The number of nitrogens with zero attached hydrogens (tertiary/aromatic N) is 1. The molecular weight excluding hydrogens is 450 g/mol. The lowest BCUT2D eigenvalue weighted by Crippen LogP contribution is -2.39. The second-order valence-electron chi connectivity index (χ2n) is 5.52. The molecule has 0 aliphatic carbocycles. The van der Waals surface area contributed by atoms with E-state index in [1.54, 1.807) is 24.3 Å². The molecule has 0 saturated heterocycles. The van der Waals surface area contributed by atoms with Crippen LogP contribution in [0.3, 0.4) is 0 Å². The minimum Gasteiger partial charge on any atom is -0.488 e. The van der Waals surface area contributed by atoms with Crippen LogP contribution in [0.15, 0.2) is 52.0 Å². The highest BCUT2D eigenvalue weighted by Crippen LogP contribution is 2.27. The average molecular weight is 469 g/mol. The van der Waals surface area contributed by atoms with E-state index in [4.69, 9.17) is 21.1 Å². The molecule has 2 N–H and O–H groups in total. The van der Waals surface area contributed by atoms with E-state index in [2.05, 4.69) is 31.8 Å². The van der Waals surface area contributed by atoms with Crippen LogP contribution in [-0.2, 0) is 20.9 Å². The van der Waals surface area contributed by atoms with E-state index in [0.29, 0.717) is 34.0 Å². The van der Waals surface area contributed by atoms with Crippen molar-refractivity contribution in [3.63, 3.8) is 0 Å². The SMILES string of the molecule is COCCNC(=O)C(=O)N/N=C\c1ccc(OCc2ccccc2Cl)c(Br)c1. The Morgan fingerprint density at radius 3 is 2.71 bits per heavy atom. The number of carbonyl (C=O) groups is 2. The Kier molecular flexibility index (Phi) is 8.93. The van der Waals surface area contributed by atoms with E-state index in [-0.39, 0.29) is 6.54 Å². The van der Waals surface area contributed by atoms with Gasteiger partial charge in [0.2, 0.25) is 0 Å². The first-order chi connectivity index (χ1) is 13.5. The molecule has 0 saturated carbocycles. The van der Waals surface area contributed by atoms with Gasteiger partial charge in [0.05, 0.1) is 17.3 Å². The molecule has 0 heterocycles. The summed E-state index contributed by atoms with van der Waals surface area (Å²) in [6.45, 7) is 0.899. The van der Waals surface area contributed by atoms with Gasteiger partial charge in [0.15, 0.2) is 0 Å². The summed E-state index contributed by atoms with van der Waals surface area (Å²) in [6, 6.07) is 12.8. The average Bonchev–Trinajstić information content (AvgIpc) is 2.68. The highest BCUT2D eigenvalue weighted by Gasteiger charge is 2.11. The molecule has 0 bridgehead atoms. The van der Waals surface area contributed by atoms with E-state index in [9.17, 15) is 9.59 Å². The van der Waals surface area contributed by atoms with Crippen LogP contribution >= 0.6 is 27.5 Å². The summed E-state index contributed by atoms with van der Waals surface area (Å²) >= 11 is 9.55. The van der Waals surface area contributed by atoms with Crippen molar-refractivity contribution in [2.45, 2.75) is 6.61 Å². The third kappa shape index (κ3) is 6.95. The van der Waals surface area contributed by atoms with Gasteiger partial charge in [-0.2, -0.15) is 5.10 Å². The number of carbonyl (C=O) groups excluding carboxylic acids is 2. The molecule has 0 atom stereocenters. The summed E-state index contributed by atoms with van der Waals surface area (Å²) < 4.78 is 11.3. The number of hydrazone groups is 1. The lowest BCUT2D eigenvalue weighted by molar-refractivity contribution is -0.139. The first kappa shape index (κ1) is 21.9. The Labute approximate surface area is 176 Å². The predicted molar refractivity (Wildman–Crippen MR) is 111 cm³/mol. The number of nitrogens with one attached hydrogen (secondary N) is 2. The summed E-state index contributed by atoms with van der Waals surface area (Å²) in [5.41, 5.74) is 3.75. The maximum Gasteiger partial charge on any atom is 0.329 e. The highest BCUT2D eigenvalue weighted by atomic mass is 79.9. The third-order valence-corrected chi connectivity index (χ3v) is 4.46. The number of hydrogen-bond acceptors (Lipinski definition) is 5. The molecule has 2 aromatic rings. The lowest BCUT2D eigenvalue weighted by atomic mass is 10.2. The molecule has 0 aromatic heterocycles. The standard InChI is InChI=1S/C19H19BrClN3O4/c1-27-9-8-22-18(25)19(26)24-23-11-13-6-7-17(15(20)10-13)28-12-14-4-2-3-5-16(14)21/h2-7,10-11H,8-9,12H2,1H3,(H,22,25)(H,24,26)/b23-11-. The maximum atomic E-state index is 11.6. The van der Waals surface area contributed by atoms with Gasteiger partial charge in [-0.25, -0.2) is 5.43 Å². The Bertz CT molecular complexity index is 861. The summed E-state index contributed by atoms with van der Waals surface area (Å²) in [7, 11) is 1.50. The fourth-order valence-electron chi connectivity index (χ4n) is 2.05. The summed E-state index contributed by atoms with van der Waals surface area (Å²) in [5, 5.41) is 6.81. The molecule has 7 nitrogen and oxygen atoms in total. The van der Waals surface area contributed by atoms with Crippen LogP contribution in [-0.4, -0.2) is 38.3 Å². The number of methoxy groups -OCH3 is 1. The number of ether oxygens (including phenoxy) is 2. The van der Waals surface area contributed by atoms with Crippen molar-refractivity contribution >= 4 is 45.6 Å². The van der Waals surface area contributed by atoms with E-state index < -0.39 is 11.8 Å². The molecular formula is C19H19BrClN3O4. The van der Waals surface area contributed by atoms with Crippen molar-refractivity contribution in [1.82, 2.24) is 10.7 Å². The Morgan fingerprint density at radius 2 is 2.00 bits per heavy atom. The van der Waals surface area contributed by atoms with Crippen LogP contribution in [0.25, 0.3) is 0 Å². The smallest absolute Gasteiger partial charge is 0.329 e. The van der Waals surface area contributed by atoms with Crippen molar-refractivity contribution in [1.29, 1.82) is 0 Å². The molecule has 0 fully saturated rings. The van der Waals surface area contributed by atoms with Crippen LogP contribution in [0.2, 0.25) is 5.02 Å². The van der Waals surface area contributed by atoms with E-state index in [1.165, 1.54) is 13.3 Å². The molecule has 0 aliphatic heterocycles. The summed E-state index contributed by atoms with van der Waals surface area (Å²) in [6.07, 6.45) is 1.42. The van der Waals surface area contributed by atoms with Crippen molar-refractivity contribution < 1.29 is 19.1 Å². The fraction of sp³-hybridized carbons (Fsp3) is 0.211. The molecule has 0 spiro atoms. The van der Waals surface area contributed by atoms with E-state index in [1.807, 2.05) is 18.2 Å². The Hall–Kier alpha value is -2.42. The number of hydrogen-bond donors (Lipinski definition) is 2. The molecule has 28 heavy (non-hydrogen) atoms.